The Hall–Kier alpha value is -2.29. The first-order valence-electron chi connectivity index (χ1n) is 6.00. The zero-order valence-electron chi connectivity index (χ0n) is 10.5. The molecule has 0 saturated carbocycles. The summed E-state index contributed by atoms with van der Waals surface area (Å²) >= 11 is 0. The summed E-state index contributed by atoms with van der Waals surface area (Å²) in [4.78, 5) is 7.64. The largest absolute Gasteiger partial charge is 0.388 e. The van der Waals surface area contributed by atoms with Gasteiger partial charge in [0.05, 0.1) is 5.69 Å². The van der Waals surface area contributed by atoms with Gasteiger partial charge in [-0.2, -0.15) is 0 Å². The van der Waals surface area contributed by atoms with E-state index in [9.17, 15) is 0 Å². The SMILES string of the molecule is CNc1ccc2[nH]c(-c3cccnc3)c(C)c2c1. The first-order valence-corrected chi connectivity index (χ1v) is 6.00. The number of anilines is 1. The van der Waals surface area contributed by atoms with Gasteiger partial charge in [0.25, 0.3) is 0 Å². The molecule has 0 aliphatic heterocycles. The Morgan fingerprint density at radius 1 is 1.22 bits per heavy atom. The molecule has 18 heavy (non-hydrogen) atoms. The number of hydrogen-bond acceptors (Lipinski definition) is 2. The maximum Gasteiger partial charge on any atom is 0.0510 e. The molecule has 3 rings (SSSR count). The summed E-state index contributed by atoms with van der Waals surface area (Å²) in [6, 6.07) is 10.4. The highest BCUT2D eigenvalue weighted by Gasteiger charge is 2.09. The second-order valence-corrected chi connectivity index (χ2v) is 4.38. The first kappa shape index (κ1) is 10.8. The maximum absolute atomic E-state index is 4.17. The number of nitrogens with zero attached hydrogens (tertiary/aromatic N) is 1. The van der Waals surface area contributed by atoms with Gasteiger partial charge in [-0.1, -0.05) is 0 Å². The third kappa shape index (κ3) is 1.64. The van der Waals surface area contributed by atoms with E-state index in [2.05, 4.69) is 46.5 Å². The van der Waals surface area contributed by atoms with Gasteiger partial charge in [-0.15, -0.1) is 0 Å². The third-order valence-corrected chi connectivity index (χ3v) is 3.30. The minimum absolute atomic E-state index is 1.12. The molecule has 2 aromatic heterocycles. The summed E-state index contributed by atoms with van der Waals surface area (Å²) in [7, 11) is 1.94. The number of aromatic nitrogens is 2. The molecule has 0 atom stereocenters. The van der Waals surface area contributed by atoms with Crippen molar-refractivity contribution in [2.75, 3.05) is 12.4 Å². The van der Waals surface area contributed by atoms with Crippen molar-refractivity contribution >= 4 is 16.6 Å². The molecule has 0 unspecified atom stereocenters. The van der Waals surface area contributed by atoms with Crippen LogP contribution in [0.5, 0.6) is 0 Å². The van der Waals surface area contributed by atoms with Gasteiger partial charge in [0.1, 0.15) is 0 Å². The van der Waals surface area contributed by atoms with E-state index in [1.54, 1.807) is 6.20 Å². The zero-order valence-corrected chi connectivity index (χ0v) is 10.5. The van der Waals surface area contributed by atoms with Crippen molar-refractivity contribution in [2.45, 2.75) is 6.92 Å². The zero-order chi connectivity index (χ0) is 12.5. The number of fused-ring (bicyclic) bond motifs is 1. The molecular formula is C15H15N3. The van der Waals surface area contributed by atoms with Crippen molar-refractivity contribution in [1.29, 1.82) is 0 Å². The van der Waals surface area contributed by atoms with E-state index < -0.39 is 0 Å². The maximum atomic E-state index is 4.17. The molecule has 0 saturated heterocycles. The first-order chi connectivity index (χ1) is 8.79. The molecule has 3 aromatic rings. The highest BCUT2D eigenvalue weighted by molar-refractivity contribution is 5.92. The summed E-state index contributed by atoms with van der Waals surface area (Å²) in [6.45, 7) is 2.14. The minimum Gasteiger partial charge on any atom is -0.388 e. The van der Waals surface area contributed by atoms with E-state index in [1.165, 1.54) is 10.9 Å². The smallest absolute Gasteiger partial charge is 0.0510 e. The van der Waals surface area contributed by atoms with Crippen LogP contribution in [0, 0.1) is 6.92 Å². The molecule has 0 bridgehead atoms. The van der Waals surface area contributed by atoms with Crippen LogP contribution in [0.15, 0.2) is 42.7 Å². The van der Waals surface area contributed by atoms with Gasteiger partial charge in [0.15, 0.2) is 0 Å². The lowest BCUT2D eigenvalue weighted by molar-refractivity contribution is 1.30. The van der Waals surface area contributed by atoms with E-state index in [0.29, 0.717) is 0 Å². The number of pyridine rings is 1. The number of aromatic amines is 1. The molecule has 2 N–H and O–H groups in total. The van der Waals surface area contributed by atoms with Crippen molar-refractivity contribution in [2.24, 2.45) is 0 Å². The monoisotopic (exact) mass is 237 g/mol. The molecule has 0 spiro atoms. The lowest BCUT2D eigenvalue weighted by Crippen LogP contribution is -1.86. The van der Waals surface area contributed by atoms with E-state index in [0.717, 1.165) is 22.5 Å². The van der Waals surface area contributed by atoms with Gasteiger partial charge in [0.2, 0.25) is 0 Å². The summed E-state index contributed by atoms with van der Waals surface area (Å²) in [5.41, 5.74) is 5.81. The van der Waals surface area contributed by atoms with Crippen LogP contribution in [-0.2, 0) is 0 Å². The predicted octanol–water partition coefficient (Wildman–Crippen LogP) is 3.58. The number of nitrogens with one attached hydrogen (secondary N) is 2. The van der Waals surface area contributed by atoms with Crippen LogP contribution in [-0.4, -0.2) is 17.0 Å². The van der Waals surface area contributed by atoms with Crippen LogP contribution in [0.3, 0.4) is 0 Å². The number of H-pyrrole nitrogens is 1. The summed E-state index contributed by atoms with van der Waals surface area (Å²) in [5, 5.41) is 4.42. The molecule has 0 aliphatic carbocycles. The van der Waals surface area contributed by atoms with Gasteiger partial charge in [-0.05, 0) is 42.8 Å². The van der Waals surface area contributed by atoms with Crippen molar-refractivity contribution in [3.05, 3.63) is 48.3 Å². The lowest BCUT2D eigenvalue weighted by atomic mass is 10.1. The Bertz CT molecular complexity index is 684. The molecule has 1 aromatic carbocycles. The normalized spacial score (nSPS) is 10.8. The second kappa shape index (κ2) is 4.18. The molecule has 0 amide bonds. The minimum atomic E-state index is 1.12. The van der Waals surface area contributed by atoms with Crippen LogP contribution < -0.4 is 5.32 Å². The molecule has 3 heteroatoms. The Kier molecular flexibility index (Phi) is 2.52. The number of hydrogen-bond donors (Lipinski definition) is 2. The van der Waals surface area contributed by atoms with Gasteiger partial charge in [0, 0.05) is 41.6 Å². The average molecular weight is 237 g/mol. The number of aryl methyl sites for hydroxylation is 1. The van der Waals surface area contributed by atoms with Gasteiger partial charge in [-0.25, -0.2) is 0 Å². The molecule has 2 heterocycles. The van der Waals surface area contributed by atoms with Crippen LogP contribution >= 0.6 is 0 Å². The fourth-order valence-corrected chi connectivity index (χ4v) is 2.28. The van der Waals surface area contributed by atoms with Crippen molar-refractivity contribution in [3.63, 3.8) is 0 Å². The average Bonchev–Trinajstić information content (AvgIpc) is 2.77. The molecule has 3 nitrogen and oxygen atoms in total. The quantitative estimate of drug-likeness (QED) is 0.715. The highest BCUT2D eigenvalue weighted by Crippen LogP contribution is 2.30. The van der Waals surface area contributed by atoms with Gasteiger partial charge >= 0.3 is 0 Å². The molecule has 0 fully saturated rings. The van der Waals surface area contributed by atoms with Crippen molar-refractivity contribution < 1.29 is 0 Å². The summed E-state index contributed by atoms with van der Waals surface area (Å²) in [6.07, 6.45) is 3.68. The molecule has 0 radical (unpaired) electrons. The Morgan fingerprint density at radius 3 is 2.83 bits per heavy atom. The van der Waals surface area contributed by atoms with E-state index in [4.69, 9.17) is 0 Å². The van der Waals surface area contributed by atoms with E-state index in [1.807, 2.05) is 19.3 Å². The highest BCUT2D eigenvalue weighted by atomic mass is 14.8. The van der Waals surface area contributed by atoms with Crippen molar-refractivity contribution in [3.8, 4) is 11.3 Å². The van der Waals surface area contributed by atoms with Gasteiger partial charge in [-0.3, -0.25) is 4.98 Å². The van der Waals surface area contributed by atoms with E-state index in [-0.39, 0.29) is 0 Å². The topological polar surface area (TPSA) is 40.7 Å². The second-order valence-electron chi connectivity index (χ2n) is 4.38. The van der Waals surface area contributed by atoms with Crippen LogP contribution in [0.2, 0.25) is 0 Å². The van der Waals surface area contributed by atoms with Crippen LogP contribution in [0.25, 0.3) is 22.2 Å². The molecular weight excluding hydrogens is 222 g/mol. The van der Waals surface area contributed by atoms with Crippen molar-refractivity contribution in [1.82, 2.24) is 9.97 Å². The fraction of sp³-hybridized carbons (Fsp3) is 0.133. The third-order valence-electron chi connectivity index (χ3n) is 3.30. The van der Waals surface area contributed by atoms with E-state index >= 15 is 0 Å². The molecule has 90 valence electrons. The van der Waals surface area contributed by atoms with Crippen LogP contribution in [0.1, 0.15) is 5.56 Å². The summed E-state index contributed by atoms with van der Waals surface area (Å²) < 4.78 is 0. The standard InChI is InChI=1S/C15H15N3/c1-10-13-8-12(16-2)5-6-14(13)18-15(10)11-4-3-7-17-9-11/h3-9,16,18H,1-2H3. The Morgan fingerprint density at radius 2 is 2.11 bits per heavy atom. The molecule has 0 aliphatic rings. The Balaban J connectivity index is 2.23. The number of benzene rings is 1. The van der Waals surface area contributed by atoms with Crippen LogP contribution in [0.4, 0.5) is 5.69 Å². The fourth-order valence-electron chi connectivity index (χ4n) is 2.28. The Labute approximate surface area is 106 Å². The lowest BCUT2D eigenvalue weighted by Gasteiger charge is -2.00. The van der Waals surface area contributed by atoms with Gasteiger partial charge < -0.3 is 10.3 Å². The summed E-state index contributed by atoms with van der Waals surface area (Å²) in [5.74, 6) is 0. The number of rotatable bonds is 2. The predicted molar refractivity (Wildman–Crippen MR) is 75.8 cm³/mol.